The van der Waals surface area contributed by atoms with Crippen molar-refractivity contribution in [3.63, 3.8) is 0 Å². The zero-order valence-electron chi connectivity index (χ0n) is 11.4. The van der Waals surface area contributed by atoms with Crippen LogP contribution in [0.3, 0.4) is 0 Å². The molecule has 0 aliphatic carbocycles. The van der Waals surface area contributed by atoms with E-state index in [9.17, 15) is 4.79 Å². The van der Waals surface area contributed by atoms with Crippen LogP contribution in [0, 0.1) is 6.92 Å². The van der Waals surface area contributed by atoms with Crippen molar-refractivity contribution >= 4 is 5.91 Å². The standard InChI is InChI=1S/C14H21NO4/c1-11-3-5-13(6-4-11)19-12(2)14(18)15(7-9-16)8-10-17/h3-6,12,16-17H,7-10H2,1-2H3. The number of nitrogens with zero attached hydrogens (tertiary/aromatic N) is 1. The molecule has 106 valence electrons. The smallest absolute Gasteiger partial charge is 0.263 e. The van der Waals surface area contributed by atoms with Gasteiger partial charge < -0.3 is 19.8 Å². The number of carbonyl (C=O) groups is 1. The average molecular weight is 267 g/mol. The highest BCUT2D eigenvalue weighted by Gasteiger charge is 2.21. The number of hydrogen-bond acceptors (Lipinski definition) is 4. The van der Waals surface area contributed by atoms with Crippen molar-refractivity contribution in [2.45, 2.75) is 20.0 Å². The lowest BCUT2D eigenvalue weighted by Crippen LogP contribution is -2.43. The quantitative estimate of drug-likeness (QED) is 0.758. The van der Waals surface area contributed by atoms with Gasteiger partial charge in [0.1, 0.15) is 5.75 Å². The SMILES string of the molecule is Cc1ccc(OC(C)C(=O)N(CCO)CCO)cc1. The fourth-order valence-electron chi connectivity index (χ4n) is 1.70. The van der Waals surface area contributed by atoms with Crippen LogP contribution in [0.1, 0.15) is 12.5 Å². The normalized spacial score (nSPS) is 12.0. The molecule has 0 aliphatic rings. The third-order valence-corrected chi connectivity index (χ3v) is 2.73. The van der Waals surface area contributed by atoms with E-state index >= 15 is 0 Å². The number of benzene rings is 1. The molecule has 0 radical (unpaired) electrons. The summed E-state index contributed by atoms with van der Waals surface area (Å²) in [5, 5.41) is 17.8. The van der Waals surface area contributed by atoms with Gasteiger partial charge in [-0.15, -0.1) is 0 Å². The summed E-state index contributed by atoms with van der Waals surface area (Å²) in [6.07, 6.45) is -0.652. The lowest BCUT2D eigenvalue weighted by Gasteiger charge is -2.24. The Bertz CT molecular complexity index is 385. The first-order chi connectivity index (χ1) is 9.08. The zero-order chi connectivity index (χ0) is 14.3. The molecule has 1 aromatic rings. The molecule has 0 saturated carbocycles. The molecule has 1 rings (SSSR count). The largest absolute Gasteiger partial charge is 0.481 e. The third kappa shape index (κ3) is 4.89. The Balaban J connectivity index is 2.62. The summed E-state index contributed by atoms with van der Waals surface area (Å²) in [7, 11) is 0. The molecular formula is C14H21NO4. The number of aliphatic hydroxyl groups excluding tert-OH is 2. The molecule has 0 aliphatic heterocycles. The second-order valence-corrected chi connectivity index (χ2v) is 4.35. The van der Waals surface area contributed by atoms with E-state index in [2.05, 4.69) is 0 Å². The Morgan fingerprint density at radius 1 is 1.21 bits per heavy atom. The third-order valence-electron chi connectivity index (χ3n) is 2.73. The van der Waals surface area contributed by atoms with Crippen LogP contribution in [0.2, 0.25) is 0 Å². The summed E-state index contributed by atoms with van der Waals surface area (Å²) in [6, 6.07) is 7.43. The van der Waals surface area contributed by atoms with Crippen LogP contribution in [0.15, 0.2) is 24.3 Å². The molecule has 5 nitrogen and oxygen atoms in total. The lowest BCUT2D eigenvalue weighted by molar-refractivity contribution is -0.139. The van der Waals surface area contributed by atoms with Crippen LogP contribution in [0.25, 0.3) is 0 Å². The van der Waals surface area contributed by atoms with Crippen molar-refractivity contribution in [2.24, 2.45) is 0 Å². The van der Waals surface area contributed by atoms with E-state index < -0.39 is 6.10 Å². The molecule has 1 atom stereocenters. The fraction of sp³-hybridized carbons (Fsp3) is 0.500. The Morgan fingerprint density at radius 2 is 1.74 bits per heavy atom. The van der Waals surface area contributed by atoms with E-state index in [1.807, 2.05) is 31.2 Å². The minimum absolute atomic E-state index is 0.136. The van der Waals surface area contributed by atoms with Gasteiger partial charge in [0.25, 0.3) is 5.91 Å². The van der Waals surface area contributed by atoms with Crippen LogP contribution in [0.5, 0.6) is 5.75 Å². The van der Waals surface area contributed by atoms with Crippen LogP contribution < -0.4 is 4.74 Å². The van der Waals surface area contributed by atoms with E-state index in [1.54, 1.807) is 6.92 Å². The number of aliphatic hydroxyl groups is 2. The molecule has 1 amide bonds. The lowest BCUT2D eigenvalue weighted by atomic mass is 10.2. The number of ether oxygens (including phenoxy) is 1. The van der Waals surface area contributed by atoms with Crippen LogP contribution in [0.4, 0.5) is 0 Å². The van der Waals surface area contributed by atoms with Crippen LogP contribution >= 0.6 is 0 Å². The summed E-state index contributed by atoms with van der Waals surface area (Å²) in [5.74, 6) is 0.378. The van der Waals surface area contributed by atoms with E-state index in [-0.39, 0.29) is 32.2 Å². The number of aryl methyl sites for hydroxylation is 1. The molecule has 1 aromatic carbocycles. The highest BCUT2D eigenvalue weighted by Crippen LogP contribution is 2.14. The number of amides is 1. The molecule has 2 N–H and O–H groups in total. The summed E-state index contributed by atoms with van der Waals surface area (Å²) in [6.45, 7) is 3.75. The summed E-state index contributed by atoms with van der Waals surface area (Å²) in [4.78, 5) is 13.5. The Labute approximate surface area is 113 Å². The van der Waals surface area contributed by atoms with Crippen molar-refractivity contribution in [2.75, 3.05) is 26.3 Å². The van der Waals surface area contributed by atoms with Gasteiger partial charge in [-0.05, 0) is 26.0 Å². The van der Waals surface area contributed by atoms with Crippen molar-refractivity contribution in [3.05, 3.63) is 29.8 Å². The molecule has 1 unspecified atom stereocenters. The topological polar surface area (TPSA) is 70.0 Å². The first-order valence-corrected chi connectivity index (χ1v) is 6.32. The average Bonchev–Trinajstić information content (AvgIpc) is 2.40. The van der Waals surface area contributed by atoms with E-state index in [0.29, 0.717) is 5.75 Å². The molecule has 0 heterocycles. The van der Waals surface area contributed by atoms with Gasteiger partial charge in [0.15, 0.2) is 6.10 Å². The highest BCUT2D eigenvalue weighted by atomic mass is 16.5. The zero-order valence-corrected chi connectivity index (χ0v) is 11.4. The minimum atomic E-state index is -0.652. The van der Waals surface area contributed by atoms with Gasteiger partial charge >= 0.3 is 0 Å². The highest BCUT2D eigenvalue weighted by molar-refractivity contribution is 5.80. The van der Waals surface area contributed by atoms with Crippen molar-refractivity contribution < 1.29 is 19.7 Å². The molecule has 0 aromatic heterocycles. The van der Waals surface area contributed by atoms with Crippen molar-refractivity contribution in [1.82, 2.24) is 4.90 Å². The number of carbonyl (C=O) groups excluding carboxylic acids is 1. The Hall–Kier alpha value is -1.59. The predicted molar refractivity (Wildman–Crippen MR) is 72.0 cm³/mol. The summed E-state index contributed by atoms with van der Waals surface area (Å²) >= 11 is 0. The molecular weight excluding hydrogens is 246 g/mol. The maximum atomic E-state index is 12.1. The molecule has 0 spiro atoms. The predicted octanol–water partition coefficient (Wildman–Crippen LogP) is 0.576. The van der Waals surface area contributed by atoms with E-state index in [4.69, 9.17) is 14.9 Å². The second-order valence-electron chi connectivity index (χ2n) is 4.35. The molecule has 5 heteroatoms. The first kappa shape index (κ1) is 15.5. The fourth-order valence-corrected chi connectivity index (χ4v) is 1.70. The Morgan fingerprint density at radius 3 is 2.21 bits per heavy atom. The molecule has 0 bridgehead atoms. The van der Waals surface area contributed by atoms with Gasteiger partial charge in [0.05, 0.1) is 13.2 Å². The maximum absolute atomic E-state index is 12.1. The minimum Gasteiger partial charge on any atom is -0.481 e. The Kier molecular flexibility index (Phi) is 6.32. The number of rotatable bonds is 7. The van der Waals surface area contributed by atoms with Crippen molar-refractivity contribution in [1.29, 1.82) is 0 Å². The summed E-state index contributed by atoms with van der Waals surface area (Å²) in [5.41, 5.74) is 1.12. The van der Waals surface area contributed by atoms with Gasteiger partial charge in [-0.3, -0.25) is 4.79 Å². The van der Waals surface area contributed by atoms with E-state index in [0.717, 1.165) is 5.56 Å². The second kappa shape index (κ2) is 7.76. The van der Waals surface area contributed by atoms with Gasteiger partial charge in [0.2, 0.25) is 0 Å². The van der Waals surface area contributed by atoms with Crippen molar-refractivity contribution in [3.8, 4) is 5.75 Å². The van der Waals surface area contributed by atoms with Crippen LogP contribution in [-0.4, -0.2) is 53.4 Å². The maximum Gasteiger partial charge on any atom is 0.263 e. The van der Waals surface area contributed by atoms with Gasteiger partial charge in [-0.25, -0.2) is 0 Å². The molecule has 19 heavy (non-hydrogen) atoms. The monoisotopic (exact) mass is 267 g/mol. The first-order valence-electron chi connectivity index (χ1n) is 6.32. The van der Waals surface area contributed by atoms with Gasteiger partial charge in [-0.1, -0.05) is 17.7 Å². The molecule has 0 fully saturated rings. The molecule has 0 saturated heterocycles. The van der Waals surface area contributed by atoms with Crippen LogP contribution in [-0.2, 0) is 4.79 Å². The van der Waals surface area contributed by atoms with E-state index in [1.165, 1.54) is 4.90 Å². The number of hydrogen-bond donors (Lipinski definition) is 2. The summed E-state index contributed by atoms with van der Waals surface area (Å²) < 4.78 is 5.55. The van der Waals surface area contributed by atoms with Gasteiger partial charge in [-0.2, -0.15) is 0 Å². The van der Waals surface area contributed by atoms with Gasteiger partial charge in [0, 0.05) is 13.1 Å².